The van der Waals surface area contributed by atoms with Gasteiger partial charge in [0.05, 0.1) is 31.4 Å². The number of aryl methyl sites for hydroxylation is 1. The predicted molar refractivity (Wildman–Crippen MR) is 95.5 cm³/mol. The molecule has 128 valence electrons. The number of amides is 1. The first-order valence-electron chi connectivity index (χ1n) is 7.26. The van der Waals surface area contributed by atoms with Crippen molar-refractivity contribution < 1.29 is 14.3 Å². The van der Waals surface area contributed by atoms with Crippen LogP contribution in [0.5, 0.6) is 11.5 Å². The number of hydrogen-bond donors (Lipinski definition) is 1. The van der Waals surface area contributed by atoms with Gasteiger partial charge < -0.3 is 9.47 Å². The smallest absolute Gasteiger partial charge is 0.246 e. The molecule has 0 radical (unpaired) electrons. The van der Waals surface area contributed by atoms with Crippen LogP contribution in [0, 0.1) is 6.92 Å². The molecule has 0 bridgehead atoms. The molecule has 2 aromatic rings. The summed E-state index contributed by atoms with van der Waals surface area (Å²) in [6.45, 7) is 4.24. The largest absolute Gasteiger partial charge is 0.493 e. The fourth-order valence-corrected chi connectivity index (χ4v) is 2.98. The van der Waals surface area contributed by atoms with E-state index in [1.165, 1.54) is 24.7 Å². The second-order valence-electron chi connectivity index (χ2n) is 4.82. The average molecular weight is 368 g/mol. The molecule has 0 fully saturated rings. The summed E-state index contributed by atoms with van der Waals surface area (Å²) in [4.78, 5) is 16.0. The Labute approximate surface area is 149 Å². The Bertz CT molecular complexity index is 746. The molecular weight excluding hydrogens is 350 g/mol. The molecule has 1 aromatic heterocycles. The molecule has 1 heterocycles. The van der Waals surface area contributed by atoms with E-state index in [9.17, 15) is 4.79 Å². The molecule has 1 N–H and O–H groups in total. The van der Waals surface area contributed by atoms with Crippen LogP contribution >= 0.6 is 22.9 Å². The summed E-state index contributed by atoms with van der Waals surface area (Å²) in [6, 6.07) is 3.42. The average Bonchev–Trinajstić information content (AvgIpc) is 2.94. The van der Waals surface area contributed by atoms with Crippen molar-refractivity contribution in [2.24, 2.45) is 5.10 Å². The van der Waals surface area contributed by atoms with Crippen LogP contribution in [0.25, 0.3) is 0 Å². The van der Waals surface area contributed by atoms with Crippen molar-refractivity contribution in [3.8, 4) is 11.5 Å². The maximum atomic E-state index is 11.8. The first-order chi connectivity index (χ1) is 11.5. The molecule has 2 rings (SSSR count). The summed E-state index contributed by atoms with van der Waals surface area (Å²) in [5.74, 6) is 0.766. The van der Waals surface area contributed by atoms with Crippen molar-refractivity contribution in [2.75, 3.05) is 13.7 Å². The van der Waals surface area contributed by atoms with Gasteiger partial charge in [0.2, 0.25) is 5.91 Å². The molecule has 0 aliphatic rings. The quantitative estimate of drug-likeness (QED) is 0.602. The van der Waals surface area contributed by atoms with Crippen LogP contribution in [0.15, 0.2) is 22.6 Å². The van der Waals surface area contributed by atoms with Crippen LogP contribution in [0.3, 0.4) is 0 Å². The third-order valence-electron chi connectivity index (χ3n) is 2.92. The van der Waals surface area contributed by atoms with Gasteiger partial charge in [-0.05, 0) is 31.5 Å². The Balaban J connectivity index is 2.00. The van der Waals surface area contributed by atoms with Crippen molar-refractivity contribution in [1.82, 2.24) is 10.4 Å². The van der Waals surface area contributed by atoms with Gasteiger partial charge in [-0.1, -0.05) is 11.6 Å². The normalized spacial score (nSPS) is 10.8. The van der Waals surface area contributed by atoms with E-state index in [4.69, 9.17) is 21.1 Å². The zero-order valence-corrected chi connectivity index (χ0v) is 15.2. The van der Waals surface area contributed by atoms with Gasteiger partial charge in [0.1, 0.15) is 5.01 Å². The molecule has 1 amide bonds. The molecule has 24 heavy (non-hydrogen) atoms. The number of rotatable bonds is 7. The number of methoxy groups -OCH3 is 1. The second-order valence-corrected chi connectivity index (χ2v) is 6.17. The number of nitrogens with one attached hydrogen (secondary N) is 1. The van der Waals surface area contributed by atoms with Gasteiger partial charge >= 0.3 is 0 Å². The highest BCUT2D eigenvalue weighted by atomic mass is 35.5. The van der Waals surface area contributed by atoms with Gasteiger partial charge in [-0.3, -0.25) is 4.79 Å². The van der Waals surface area contributed by atoms with Crippen molar-refractivity contribution >= 4 is 35.1 Å². The van der Waals surface area contributed by atoms with Crippen molar-refractivity contribution in [2.45, 2.75) is 20.3 Å². The van der Waals surface area contributed by atoms with E-state index in [0.717, 1.165) is 10.7 Å². The Hall–Kier alpha value is -2.12. The molecule has 1 aromatic carbocycles. The first-order valence-corrected chi connectivity index (χ1v) is 8.52. The third-order valence-corrected chi connectivity index (χ3v) is 4.17. The minimum absolute atomic E-state index is 0.198. The van der Waals surface area contributed by atoms with Gasteiger partial charge in [0, 0.05) is 11.1 Å². The fraction of sp³-hybridized carbons (Fsp3) is 0.312. The van der Waals surface area contributed by atoms with Gasteiger partial charge in [-0.25, -0.2) is 10.4 Å². The maximum absolute atomic E-state index is 11.8. The van der Waals surface area contributed by atoms with E-state index in [0.29, 0.717) is 28.7 Å². The number of nitrogens with zero attached hydrogens (tertiary/aromatic N) is 2. The number of carbonyl (C=O) groups is 1. The number of hydrazone groups is 1. The lowest BCUT2D eigenvalue weighted by Gasteiger charge is -2.11. The number of carbonyl (C=O) groups excluding carboxylic acids is 1. The number of thiazole rings is 1. The number of hydrogen-bond acceptors (Lipinski definition) is 6. The molecule has 0 saturated carbocycles. The maximum Gasteiger partial charge on any atom is 0.246 e. The Morgan fingerprint density at radius 2 is 2.29 bits per heavy atom. The molecule has 0 saturated heterocycles. The molecule has 0 unspecified atom stereocenters. The Kier molecular flexibility index (Phi) is 6.57. The second kappa shape index (κ2) is 8.65. The SMILES string of the molecule is CCOc1c(Cl)cc(/C=N\NC(=O)Cc2nc(C)cs2)cc1OC. The van der Waals surface area contributed by atoms with Crippen molar-refractivity contribution in [3.63, 3.8) is 0 Å². The third kappa shape index (κ3) is 4.94. The van der Waals surface area contributed by atoms with Crippen LogP contribution in [0.4, 0.5) is 0 Å². The van der Waals surface area contributed by atoms with Gasteiger partial charge in [-0.2, -0.15) is 5.10 Å². The Morgan fingerprint density at radius 1 is 1.50 bits per heavy atom. The highest BCUT2D eigenvalue weighted by Gasteiger charge is 2.11. The van der Waals surface area contributed by atoms with Gasteiger partial charge in [0.25, 0.3) is 0 Å². The molecule has 8 heteroatoms. The molecule has 0 spiro atoms. The van der Waals surface area contributed by atoms with Crippen molar-refractivity contribution in [1.29, 1.82) is 0 Å². The minimum atomic E-state index is -0.232. The first kappa shape index (κ1) is 18.2. The number of halogens is 1. The summed E-state index contributed by atoms with van der Waals surface area (Å²) in [6.07, 6.45) is 1.69. The zero-order chi connectivity index (χ0) is 17.5. The number of ether oxygens (including phenoxy) is 2. The van der Waals surface area contributed by atoms with Crippen LogP contribution in [0.2, 0.25) is 5.02 Å². The number of benzene rings is 1. The van der Waals surface area contributed by atoms with Crippen LogP contribution in [0.1, 0.15) is 23.2 Å². The van der Waals surface area contributed by atoms with E-state index in [1.807, 2.05) is 19.2 Å². The van der Waals surface area contributed by atoms with Crippen molar-refractivity contribution in [3.05, 3.63) is 38.8 Å². The lowest BCUT2D eigenvalue weighted by Crippen LogP contribution is -2.19. The van der Waals surface area contributed by atoms with Crippen LogP contribution in [-0.4, -0.2) is 30.8 Å². The predicted octanol–water partition coefficient (Wildman–Crippen LogP) is 3.21. The minimum Gasteiger partial charge on any atom is -0.493 e. The fourth-order valence-electron chi connectivity index (χ4n) is 1.94. The zero-order valence-electron chi connectivity index (χ0n) is 13.6. The molecule has 0 aliphatic heterocycles. The number of aromatic nitrogens is 1. The van der Waals surface area contributed by atoms with E-state index in [2.05, 4.69) is 15.5 Å². The van der Waals surface area contributed by atoms with E-state index < -0.39 is 0 Å². The van der Waals surface area contributed by atoms with Crippen LogP contribution in [-0.2, 0) is 11.2 Å². The lowest BCUT2D eigenvalue weighted by atomic mass is 10.2. The summed E-state index contributed by atoms with van der Waals surface area (Å²) in [7, 11) is 1.53. The van der Waals surface area contributed by atoms with Gasteiger partial charge in [-0.15, -0.1) is 11.3 Å². The summed E-state index contributed by atoms with van der Waals surface area (Å²) in [5, 5.41) is 7.01. The summed E-state index contributed by atoms with van der Waals surface area (Å²) >= 11 is 7.63. The highest BCUT2D eigenvalue weighted by molar-refractivity contribution is 7.09. The van der Waals surface area contributed by atoms with E-state index >= 15 is 0 Å². The molecule has 0 atom stereocenters. The lowest BCUT2D eigenvalue weighted by molar-refractivity contribution is -0.120. The topological polar surface area (TPSA) is 72.8 Å². The molecular formula is C16H18ClN3O3S. The van der Waals surface area contributed by atoms with Gasteiger partial charge in [0.15, 0.2) is 11.5 Å². The highest BCUT2D eigenvalue weighted by Crippen LogP contribution is 2.35. The summed E-state index contributed by atoms with van der Waals surface area (Å²) < 4.78 is 10.7. The standard InChI is InChI=1S/C16H18ClN3O3S/c1-4-23-16-12(17)5-11(6-13(16)22-3)8-18-20-14(21)7-15-19-10(2)9-24-15/h5-6,8-9H,4,7H2,1-3H3,(H,20,21)/b18-8-. The van der Waals surface area contributed by atoms with E-state index in [-0.39, 0.29) is 12.3 Å². The van der Waals surface area contributed by atoms with Crippen LogP contribution < -0.4 is 14.9 Å². The van der Waals surface area contributed by atoms with E-state index in [1.54, 1.807) is 12.1 Å². The summed E-state index contributed by atoms with van der Waals surface area (Å²) in [5.41, 5.74) is 4.06. The monoisotopic (exact) mass is 367 g/mol. The molecule has 6 nitrogen and oxygen atoms in total. The molecule has 0 aliphatic carbocycles. The Morgan fingerprint density at radius 3 is 2.92 bits per heavy atom.